The third-order valence-corrected chi connectivity index (χ3v) is 7.40. The van der Waals surface area contributed by atoms with Crippen molar-refractivity contribution in [2.45, 2.75) is 52.2 Å². The van der Waals surface area contributed by atoms with E-state index in [-0.39, 0.29) is 23.7 Å². The second-order valence-electron chi connectivity index (χ2n) is 12.4. The van der Waals surface area contributed by atoms with Crippen LogP contribution in [0.25, 0.3) is 11.4 Å². The number of rotatable bonds is 10. The minimum absolute atomic E-state index is 0.111. The molecule has 3 amide bonds. The lowest BCUT2D eigenvalue weighted by atomic mass is 10.0. The maximum Gasteiger partial charge on any atom is 0.410 e. The summed E-state index contributed by atoms with van der Waals surface area (Å²) < 4.78 is 5.48. The molecule has 0 atom stereocenters. The average Bonchev–Trinajstić information content (AvgIpc) is 3.01. The van der Waals surface area contributed by atoms with E-state index >= 15 is 0 Å². The van der Waals surface area contributed by atoms with E-state index in [1.165, 1.54) is 0 Å². The van der Waals surface area contributed by atoms with Gasteiger partial charge >= 0.3 is 6.09 Å². The first-order chi connectivity index (χ1) is 21.4. The van der Waals surface area contributed by atoms with Gasteiger partial charge in [0.05, 0.1) is 11.3 Å². The van der Waals surface area contributed by atoms with Crippen molar-refractivity contribution in [2.75, 3.05) is 57.0 Å². The largest absolute Gasteiger partial charge is 0.444 e. The zero-order valence-corrected chi connectivity index (χ0v) is 27.2. The van der Waals surface area contributed by atoms with Crippen LogP contribution in [0.4, 0.5) is 16.3 Å². The Morgan fingerprint density at radius 2 is 1.60 bits per heavy atom. The zero-order valence-electron chi connectivity index (χ0n) is 27.2. The van der Waals surface area contributed by atoms with Crippen molar-refractivity contribution >= 4 is 29.4 Å². The number of amides is 3. The van der Waals surface area contributed by atoms with Crippen molar-refractivity contribution in [1.82, 2.24) is 25.1 Å². The van der Waals surface area contributed by atoms with Crippen LogP contribution >= 0.6 is 0 Å². The van der Waals surface area contributed by atoms with Crippen molar-refractivity contribution < 1.29 is 19.1 Å². The molecule has 11 nitrogen and oxygen atoms in total. The number of anilines is 2. The molecule has 1 saturated heterocycles. The summed E-state index contributed by atoms with van der Waals surface area (Å²) in [7, 11) is 4.03. The van der Waals surface area contributed by atoms with Crippen LogP contribution in [0, 0.1) is 0 Å². The summed E-state index contributed by atoms with van der Waals surface area (Å²) >= 11 is 0. The fourth-order valence-corrected chi connectivity index (χ4v) is 4.96. The lowest BCUT2D eigenvalue weighted by Crippen LogP contribution is -2.47. The van der Waals surface area contributed by atoms with Crippen LogP contribution in [-0.2, 0) is 4.74 Å². The number of piperidine rings is 1. The Morgan fingerprint density at radius 3 is 2.24 bits per heavy atom. The van der Waals surface area contributed by atoms with E-state index in [1.54, 1.807) is 35.2 Å². The number of likely N-dealkylation sites (N-methyl/N-ethyl adjacent to an activating group) is 2. The highest BCUT2D eigenvalue weighted by Gasteiger charge is 2.28. The molecule has 0 unspecified atom stereocenters. The summed E-state index contributed by atoms with van der Waals surface area (Å²) in [5, 5.41) is 5.99. The predicted molar refractivity (Wildman–Crippen MR) is 177 cm³/mol. The van der Waals surface area contributed by atoms with Gasteiger partial charge in [0, 0.05) is 50.4 Å². The molecule has 1 aliphatic rings. The Bertz CT molecular complexity index is 1460. The van der Waals surface area contributed by atoms with Gasteiger partial charge in [-0.05, 0) is 66.8 Å². The molecule has 2 N–H and O–H groups in total. The standard InChI is InChI=1S/C34H45N7O4/c1-7-40(22-21-39(5)6)29-23-28(36-30(38-29)24-13-9-8-10-14-24)32(43)37-27-16-12-11-15-26(27)31(42)35-25-17-19-41(20-18-25)33(44)45-34(2,3)4/h8-16,23,25H,7,17-22H2,1-6H3,(H,35,42)(H,37,43). The molecule has 0 bridgehead atoms. The number of carbonyl (C=O) groups excluding carboxylic acids is 3. The molecule has 3 aromatic rings. The van der Waals surface area contributed by atoms with Crippen molar-refractivity contribution in [3.05, 3.63) is 71.9 Å². The third-order valence-electron chi connectivity index (χ3n) is 7.40. The number of hydrogen-bond donors (Lipinski definition) is 2. The van der Waals surface area contributed by atoms with Gasteiger partial charge in [-0.3, -0.25) is 9.59 Å². The fourth-order valence-electron chi connectivity index (χ4n) is 4.96. The lowest BCUT2D eigenvalue weighted by molar-refractivity contribution is 0.0199. The second kappa shape index (κ2) is 15.0. The van der Waals surface area contributed by atoms with Gasteiger partial charge in [0.25, 0.3) is 11.8 Å². The van der Waals surface area contributed by atoms with Gasteiger partial charge in [-0.2, -0.15) is 0 Å². The van der Waals surface area contributed by atoms with E-state index in [9.17, 15) is 14.4 Å². The van der Waals surface area contributed by atoms with Gasteiger partial charge in [-0.1, -0.05) is 42.5 Å². The van der Waals surface area contributed by atoms with E-state index in [4.69, 9.17) is 9.72 Å². The Morgan fingerprint density at radius 1 is 0.933 bits per heavy atom. The summed E-state index contributed by atoms with van der Waals surface area (Å²) in [6, 6.07) is 18.1. The van der Waals surface area contributed by atoms with Crippen LogP contribution in [0.1, 0.15) is 61.4 Å². The maximum atomic E-state index is 13.7. The Balaban J connectivity index is 1.50. The summed E-state index contributed by atoms with van der Waals surface area (Å²) in [5.74, 6) is 0.369. The first kappa shape index (κ1) is 33.4. The molecule has 0 radical (unpaired) electrons. The number of carbonyl (C=O) groups is 3. The molecule has 2 aromatic carbocycles. The molecule has 0 spiro atoms. The molecule has 2 heterocycles. The first-order valence-corrected chi connectivity index (χ1v) is 15.5. The predicted octanol–water partition coefficient (Wildman–Crippen LogP) is 4.91. The molecule has 45 heavy (non-hydrogen) atoms. The smallest absolute Gasteiger partial charge is 0.410 e. The van der Waals surface area contributed by atoms with Gasteiger partial charge in [-0.15, -0.1) is 0 Å². The summed E-state index contributed by atoms with van der Waals surface area (Å²) in [6.07, 6.45) is 0.865. The highest BCUT2D eigenvalue weighted by atomic mass is 16.6. The molecule has 240 valence electrons. The first-order valence-electron chi connectivity index (χ1n) is 15.5. The van der Waals surface area contributed by atoms with Gasteiger partial charge < -0.3 is 30.1 Å². The van der Waals surface area contributed by atoms with Gasteiger partial charge in [0.2, 0.25) is 0 Å². The maximum absolute atomic E-state index is 13.7. The van der Waals surface area contributed by atoms with E-state index < -0.39 is 11.5 Å². The highest BCUT2D eigenvalue weighted by Crippen LogP contribution is 2.23. The minimum atomic E-state index is -0.561. The topological polar surface area (TPSA) is 120 Å². The SMILES string of the molecule is CCN(CCN(C)C)c1cc(C(=O)Nc2ccccc2C(=O)NC2CCN(C(=O)OC(C)(C)C)CC2)nc(-c2ccccc2)n1. The van der Waals surface area contributed by atoms with Crippen molar-refractivity contribution in [3.8, 4) is 11.4 Å². The number of nitrogens with zero attached hydrogens (tertiary/aromatic N) is 5. The monoisotopic (exact) mass is 615 g/mol. The molecular formula is C34H45N7O4. The zero-order chi connectivity index (χ0) is 32.6. The number of likely N-dealkylation sites (tertiary alicyclic amines) is 1. The second-order valence-corrected chi connectivity index (χ2v) is 12.4. The van der Waals surface area contributed by atoms with E-state index in [0.717, 1.165) is 18.7 Å². The number of hydrogen-bond acceptors (Lipinski definition) is 8. The lowest BCUT2D eigenvalue weighted by Gasteiger charge is -2.33. The highest BCUT2D eigenvalue weighted by molar-refractivity contribution is 6.08. The Hall–Kier alpha value is -4.51. The molecule has 1 fully saturated rings. The average molecular weight is 616 g/mol. The quantitative estimate of drug-likeness (QED) is 0.330. The number of para-hydroxylation sites is 1. The van der Waals surface area contributed by atoms with Crippen LogP contribution in [-0.4, -0.2) is 96.1 Å². The Kier molecular flexibility index (Phi) is 11.1. The minimum Gasteiger partial charge on any atom is -0.444 e. The normalized spacial score (nSPS) is 13.8. The van der Waals surface area contributed by atoms with Crippen LogP contribution in [0.2, 0.25) is 0 Å². The fraction of sp³-hybridized carbons (Fsp3) is 0.441. The van der Waals surface area contributed by atoms with E-state index in [0.29, 0.717) is 55.4 Å². The summed E-state index contributed by atoms with van der Waals surface area (Å²) in [6.45, 7) is 10.8. The molecule has 0 aliphatic carbocycles. The summed E-state index contributed by atoms with van der Waals surface area (Å²) in [4.78, 5) is 54.8. The number of benzene rings is 2. The van der Waals surface area contributed by atoms with Crippen LogP contribution in [0.5, 0.6) is 0 Å². The summed E-state index contributed by atoms with van der Waals surface area (Å²) in [5.41, 5.74) is 1.17. The van der Waals surface area contributed by atoms with Crippen LogP contribution in [0.15, 0.2) is 60.7 Å². The molecule has 1 aromatic heterocycles. The van der Waals surface area contributed by atoms with Crippen molar-refractivity contribution in [1.29, 1.82) is 0 Å². The Labute approximate surface area is 266 Å². The van der Waals surface area contributed by atoms with Gasteiger partial charge in [0.1, 0.15) is 17.1 Å². The molecular weight excluding hydrogens is 570 g/mol. The molecule has 4 rings (SSSR count). The van der Waals surface area contributed by atoms with Crippen LogP contribution in [0.3, 0.4) is 0 Å². The molecule has 11 heteroatoms. The van der Waals surface area contributed by atoms with Crippen molar-refractivity contribution in [2.24, 2.45) is 0 Å². The third kappa shape index (κ3) is 9.49. The van der Waals surface area contributed by atoms with E-state index in [2.05, 4.69) is 32.3 Å². The van der Waals surface area contributed by atoms with E-state index in [1.807, 2.05) is 65.2 Å². The van der Waals surface area contributed by atoms with Gasteiger partial charge in [-0.25, -0.2) is 14.8 Å². The molecule has 1 aliphatic heterocycles. The number of nitrogens with one attached hydrogen (secondary N) is 2. The number of aromatic nitrogens is 2. The van der Waals surface area contributed by atoms with Crippen LogP contribution < -0.4 is 15.5 Å². The molecule has 0 saturated carbocycles. The van der Waals surface area contributed by atoms with Gasteiger partial charge in [0.15, 0.2) is 5.82 Å². The number of ether oxygens (including phenoxy) is 1. The van der Waals surface area contributed by atoms with Crippen molar-refractivity contribution in [3.63, 3.8) is 0 Å².